The van der Waals surface area contributed by atoms with Crippen LogP contribution in [0, 0.1) is 0 Å². The quantitative estimate of drug-likeness (QED) is 0.327. The molecule has 0 atom stereocenters. The minimum atomic E-state index is -5.19. The second-order valence-corrected chi connectivity index (χ2v) is 10.1. The monoisotopic (exact) mass is 644 g/mol. The zero-order valence-corrected chi connectivity index (χ0v) is 23.6. The van der Waals surface area contributed by atoms with Crippen LogP contribution in [0.25, 0.3) is 11.1 Å². The Hall–Kier alpha value is -5.45. The fourth-order valence-corrected chi connectivity index (χ4v) is 4.91. The van der Waals surface area contributed by atoms with Gasteiger partial charge < -0.3 is 34.9 Å². The van der Waals surface area contributed by atoms with Crippen molar-refractivity contribution in [3.63, 3.8) is 0 Å². The molecule has 0 saturated heterocycles. The van der Waals surface area contributed by atoms with Gasteiger partial charge in [-0.2, -0.15) is 13.2 Å². The third kappa shape index (κ3) is 7.56. The van der Waals surface area contributed by atoms with E-state index < -0.39 is 47.4 Å². The molecule has 0 fully saturated rings. The molecule has 0 bridgehead atoms. The maximum atomic E-state index is 13.6. The summed E-state index contributed by atoms with van der Waals surface area (Å²) >= 11 is 1.27. The van der Waals surface area contributed by atoms with Crippen molar-refractivity contribution in [2.45, 2.75) is 25.8 Å². The predicted molar refractivity (Wildman–Crippen MR) is 150 cm³/mol. The average molecular weight is 645 g/mol. The highest BCUT2D eigenvalue weighted by molar-refractivity contribution is 8.14. The number of nitrogens with one attached hydrogen (secondary N) is 1. The Labute approximate surface area is 255 Å². The number of pyridine rings is 2. The molecule has 2 aliphatic rings. The Kier molecular flexibility index (Phi) is 9.71. The van der Waals surface area contributed by atoms with E-state index in [1.54, 1.807) is 17.8 Å². The number of carboxylic acids is 2. The van der Waals surface area contributed by atoms with E-state index in [9.17, 15) is 37.5 Å². The van der Waals surface area contributed by atoms with Crippen molar-refractivity contribution >= 4 is 41.1 Å². The number of alkyl halides is 3. The Bertz CT molecular complexity index is 1790. The number of aliphatic carboxylic acids is 2. The summed E-state index contributed by atoms with van der Waals surface area (Å²) in [4.78, 5) is 68.7. The molecule has 5 rings (SSSR count). The zero-order valence-electron chi connectivity index (χ0n) is 22.8. The molecule has 3 N–H and O–H groups in total. The summed E-state index contributed by atoms with van der Waals surface area (Å²) in [7, 11) is 0. The molecule has 13 nitrogen and oxygen atoms in total. The smallest absolute Gasteiger partial charge is 0.430 e. The molecule has 4 heterocycles. The van der Waals surface area contributed by atoms with Crippen molar-refractivity contribution < 1.29 is 47.7 Å². The molecule has 0 aliphatic carbocycles. The number of aliphatic imine (C=N–C) groups is 1. The Morgan fingerprint density at radius 2 is 1.82 bits per heavy atom. The Morgan fingerprint density at radius 3 is 2.42 bits per heavy atom. The average Bonchev–Trinajstić information content (AvgIpc) is 3.70. The van der Waals surface area contributed by atoms with Crippen molar-refractivity contribution in [1.29, 1.82) is 0 Å². The van der Waals surface area contributed by atoms with Crippen LogP contribution in [0.1, 0.15) is 27.2 Å². The molecule has 45 heavy (non-hydrogen) atoms. The molecule has 17 heteroatoms. The van der Waals surface area contributed by atoms with Gasteiger partial charge >= 0.3 is 23.7 Å². The van der Waals surface area contributed by atoms with Crippen LogP contribution < -0.4 is 21.0 Å². The molecule has 2 aliphatic heterocycles. The number of benzene rings is 1. The van der Waals surface area contributed by atoms with Gasteiger partial charge in [0.25, 0.3) is 17.0 Å². The van der Waals surface area contributed by atoms with Crippen molar-refractivity contribution in [3.8, 4) is 16.9 Å². The standard InChI is InChI=1S/C26H21N5O6S.C2HF3O2/c32-21(33)9-28-24(35)22-23(34)18-11-30(25(36)19-13-38-14-29-19)12-20(18)31(26(22)37)10-15-3-1-4-16(7-15)17-5-2-6-27-8-17;3-2(4,5)1(6)7/h1-8,13-14,34H,9-12H2,(H,28,35)(H,32,33);(H,6,7)/q+1;/p-1. The number of thioether (sulfide) groups is 1. The summed E-state index contributed by atoms with van der Waals surface area (Å²) in [5, 5.41) is 32.4. The lowest BCUT2D eigenvalue weighted by Crippen LogP contribution is -2.37. The molecule has 2 aromatic heterocycles. The number of rotatable bonds is 7. The van der Waals surface area contributed by atoms with Gasteiger partial charge in [-0.1, -0.05) is 24.3 Å². The van der Waals surface area contributed by atoms with Crippen LogP contribution in [0.4, 0.5) is 13.2 Å². The summed E-state index contributed by atoms with van der Waals surface area (Å²) < 4.78 is 32.9. The molecule has 1 radical (unpaired) electrons. The fraction of sp³-hybridized carbons (Fsp3) is 0.179. The molecular formula is C28H21F3N5O8S. The molecule has 2 amide bonds. The number of nitrogens with zero attached hydrogens (tertiary/aromatic N) is 4. The SMILES string of the molecule is O=C(O)CNC(=O)c1c(O)c2c(n(Cc3cccc(-c4cccnc4)c3)c1=O)CN(C(=O)C1=CSC=[N+]1)C2.O=C([O-])C(F)(F)F. The van der Waals surface area contributed by atoms with E-state index in [0.717, 1.165) is 16.7 Å². The zero-order chi connectivity index (χ0) is 32.9. The largest absolute Gasteiger partial charge is 0.542 e. The van der Waals surface area contributed by atoms with Crippen LogP contribution in [0.2, 0.25) is 0 Å². The van der Waals surface area contributed by atoms with Crippen LogP contribution in [-0.2, 0) is 34.0 Å². The number of aromatic nitrogens is 2. The molecular weight excluding hydrogens is 623 g/mol. The van der Waals surface area contributed by atoms with Gasteiger partial charge in [0.05, 0.1) is 30.0 Å². The van der Waals surface area contributed by atoms with E-state index in [0.29, 0.717) is 5.69 Å². The number of carboxylic acid groups (broad SMARTS) is 2. The van der Waals surface area contributed by atoms with Gasteiger partial charge in [-0.05, 0) is 40.6 Å². The van der Waals surface area contributed by atoms with E-state index in [1.165, 1.54) is 26.8 Å². The number of aromatic hydroxyl groups is 1. The maximum absolute atomic E-state index is 13.6. The van der Waals surface area contributed by atoms with Gasteiger partial charge in [0.15, 0.2) is 0 Å². The van der Waals surface area contributed by atoms with Gasteiger partial charge in [0.2, 0.25) is 0 Å². The minimum Gasteiger partial charge on any atom is -0.542 e. The number of halogens is 3. The fourth-order valence-electron chi connectivity index (χ4n) is 4.39. The highest BCUT2D eigenvalue weighted by Gasteiger charge is 2.37. The lowest BCUT2D eigenvalue weighted by atomic mass is 10.0. The first-order valence-electron chi connectivity index (χ1n) is 12.7. The van der Waals surface area contributed by atoms with Crippen molar-refractivity contribution in [2.24, 2.45) is 0 Å². The van der Waals surface area contributed by atoms with Crippen LogP contribution in [0.5, 0.6) is 5.75 Å². The normalized spacial score (nSPS) is 13.4. The molecule has 1 aromatic carbocycles. The summed E-state index contributed by atoms with van der Waals surface area (Å²) in [6.45, 7) is -0.704. The van der Waals surface area contributed by atoms with Crippen molar-refractivity contribution in [1.82, 2.24) is 24.8 Å². The summed E-state index contributed by atoms with van der Waals surface area (Å²) in [6.07, 6.45) is -1.81. The van der Waals surface area contributed by atoms with Crippen LogP contribution in [-0.4, -0.2) is 66.7 Å². The van der Waals surface area contributed by atoms with Gasteiger partial charge in [0.1, 0.15) is 23.8 Å². The second kappa shape index (κ2) is 13.5. The number of carbonyl (C=O) groups excluding carboxylic acids is 3. The molecule has 0 saturated carbocycles. The predicted octanol–water partition coefficient (Wildman–Crippen LogP) is 0.572. The third-order valence-corrected chi connectivity index (χ3v) is 6.99. The van der Waals surface area contributed by atoms with Crippen molar-refractivity contribution in [3.05, 3.63) is 92.6 Å². The Morgan fingerprint density at radius 1 is 1.11 bits per heavy atom. The highest BCUT2D eigenvalue weighted by atomic mass is 32.2. The summed E-state index contributed by atoms with van der Waals surface area (Å²) in [5.41, 5.74) is 3.53. The van der Waals surface area contributed by atoms with E-state index >= 15 is 0 Å². The van der Waals surface area contributed by atoms with Gasteiger partial charge in [0, 0.05) is 23.7 Å². The molecule has 3 aromatic rings. The first-order chi connectivity index (χ1) is 21.3. The maximum Gasteiger partial charge on any atom is 0.430 e. The van der Waals surface area contributed by atoms with E-state index in [1.807, 2.05) is 36.4 Å². The van der Waals surface area contributed by atoms with Crippen LogP contribution >= 0.6 is 11.8 Å². The first kappa shape index (κ1) is 32.5. The summed E-state index contributed by atoms with van der Waals surface area (Å²) in [5.74, 6) is -6.27. The lowest BCUT2D eigenvalue weighted by molar-refractivity contribution is -0.344. The lowest BCUT2D eigenvalue weighted by Gasteiger charge is -2.16. The van der Waals surface area contributed by atoms with E-state index in [-0.39, 0.29) is 36.8 Å². The molecule has 0 spiro atoms. The topological polar surface area (TPSA) is 196 Å². The Balaban J connectivity index is 0.000000591. The van der Waals surface area contributed by atoms with Gasteiger partial charge in [-0.15, -0.1) is 0 Å². The molecule has 0 unspecified atom stereocenters. The number of hydrogen-bond acceptors (Lipinski definition) is 10. The van der Waals surface area contributed by atoms with Crippen LogP contribution in [0.15, 0.2) is 64.7 Å². The van der Waals surface area contributed by atoms with E-state index in [2.05, 4.69) is 15.3 Å². The van der Waals surface area contributed by atoms with Gasteiger partial charge in [-0.3, -0.25) is 24.2 Å². The van der Waals surface area contributed by atoms with Crippen molar-refractivity contribution in [2.75, 3.05) is 6.54 Å². The minimum absolute atomic E-state index is 0.0216. The number of carbonyl (C=O) groups is 4. The number of fused-ring (bicyclic) bond motifs is 1. The molecule has 233 valence electrons. The highest BCUT2D eigenvalue weighted by Crippen LogP contribution is 2.33. The van der Waals surface area contributed by atoms with E-state index in [4.69, 9.17) is 15.0 Å². The third-order valence-electron chi connectivity index (χ3n) is 6.41. The number of hydrogen-bond donors (Lipinski definition) is 3. The first-order valence-corrected chi connectivity index (χ1v) is 13.6. The second-order valence-electron chi connectivity index (χ2n) is 9.38. The van der Waals surface area contributed by atoms with Crippen LogP contribution in [0.3, 0.4) is 0 Å². The van der Waals surface area contributed by atoms with Gasteiger partial charge in [-0.25, -0.2) is 0 Å². The summed E-state index contributed by atoms with van der Waals surface area (Å²) in [6, 6.07) is 11.2. The number of amides is 2.